The van der Waals surface area contributed by atoms with Crippen molar-refractivity contribution in [2.45, 2.75) is 37.4 Å². The lowest BCUT2D eigenvalue weighted by Gasteiger charge is -2.45. The first kappa shape index (κ1) is 23.6. The Morgan fingerprint density at radius 1 is 1.00 bits per heavy atom. The van der Waals surface area contributed by atoms with Crippen LogP contribution in [0.1, 0.15) is 29.9 Å². The van der Waals surface area contributed by atoms with E-state index in [2.05, 4.69) is 22.8 Å². The van der Waals surface area contributed by atoms with Crippen molar-refractivity contribution in [1.82, 2.24) is 5.32 Å². The van der Waals surface area contributed by atoms with Crippen molar-refractivity contribution in [2.75, 3.05) is 44.6 Å². The number of urea groups is 1. The molecule has 3 aliphatic rings. The molecule has 35 heavy (non-hydrogen) atoms. The average Bonchev–Trinajstić information content (AvgIpc) is 3.32. The number of nitrogens with one attached hydrogen (secondary N) is 2. The highest BCUT2D eigenvalue weighted by Crippen LogP contribution is 2.44. The molecule has 186 valence electrons. The normalized spacial score (nSPS) is 27.6. The molecule has 0 spiro atoms. The van der Waals surface area contributed by atoms with Gasteiger partial charge in [0.05, 0.1) is 25.0 Å². The molecule has 5 unspecified atom stereocenters. The first-order chi connectivity index (χ1) is 17.0. The Morgan fingerprint density at radius 2 is 1.74 bits per heavy atom. The van der Waals surface area contributed by atoms with Gasteiger partial charge in [-0.1, -0.05) is 18.2 Å². The van der Waals surface area contributed by atoms with Crippen LogP contribution in [-0.2, 0) is 20.7 Å². The number of methoxy groups -OCH3 is 3. The predicted octanol–water partition coefficient (Wildman–Crippen LogP) is 3.56. The number of fused-ring (bicyclic) bond motifs is 2. The van der Waals surface area contributed by atoms with E-state index in [1.165, 1.54) is 0 Å². The Morgan fingerprint density at radius 3 is 2.46 bits per heavy atom. The van der Waals surface area contributed by atoms with Crippen molar-refractivity contribution >= 4 is 23.3 Å². The fourth-order valence-electron chi connectivity index (χ4n) is 5.96. The second-order valence-corrected chi connectivity index (χ2v) is 9.59. The molecule has 2 fully saturated rings. The van der Waals surface area contributed by atoms with Gasteiger partial charge in [-0.25, -0.2) is 4.79 Å². The van der Waals surface area contributed by atoms with Crippen molar-refractivity contribution < 1.29 is 23.8 Å². The van der Waals surface area contributed by atoms with Gasteiger partial charge < -0.3 is 24.8 Å². The van der Waals surface area contributed by atoms with Crippen LogP contribution in [0.5, 0.6) is 5.75 Å². The third-order valence-electron chi connectivity index (χ3n) is 7.90. The number of carbonyl (C=O) groups is 2. The van der Waals surface area contributed by atoms with Crippen LogP contribution >= 0.6 is 0 Å². The summed E-state index contributed by atoms with van der Waals surface area (Å²) in [6, 6.07) is 13.7. The molecular weight excluding hydrogens is 446 g/mol. The van der Waals surface area contributed by atoms with Gasteiger partial charge in [0.15, 0.2) is 0 Å². The van der Waals surface area contributed by atoms with Crippen molar-refractivity contribution in [1.29, 1.82) is 0 Å². The summed E-state index contributed by atoms with van der Waals surface area (Å²) in [6.45, 7) is 1.24. The van der Waals surface area contributed by atoms with Gasteiger partial charge in [-0.15, -0.1) is 0 Å². The van der Waals surface area contributed by atoms with E-state index in [1.807, 2.05) is 30.3 Å². The number of nitrogens with zero attached hydrogens (tertiary/aromatic N) is 1. The number of amides is 3. The summed E-state index contributed by atoms with van der Waals surface area (Å²) in [4.78, 5) is 27.4. The van der Waals surface area contributed by atoms with Gasteiger partial charge in [-0.05, 0) is 54.5 Å². The van der Waals surface area contributed by atoms with Crippen LogP contribution in [0.15, 0.2) is 42.5 Å². The standard InChI is InChI=1S/C27H33N3O5/c1-33-19-9-6-17-10-11-30(23(17)12-19)27(32)29-18-7-4-16(5-8-18)22-15-28-26(31)21-14-25(35-3)24(34-2)13-20(21)22/h4-9,12,20-22,24-25H,10-11,13-15H2,1-3H3,(H,28,31)(H,29,32). The molecule has 2 aromatic carbocycles. The summed E-state index contributed by atoms with van der Waals surface area (Å²) in [5.41, 5.74) is 3.92. The molecule has 2 N–H and O–H groups in total. The van der Waals surface area contributed by atoms with E-state index in [9.17, 15) is 9.59 Å². The number of anilines is 2. The van der Waals surface area contributed by atoms with Crippen LogP contribution in [-0.4, -0.2) is 58.6 Å². The molecule has 0 bridgehead atoms. The molecule has 0 aromatic heterocycles. The Labute approximate surface area is 205 Å². The molecule has 1 saturated heterocycles. The maximum atomic E-state index is 13.0. The highest BCUT2D eigenvalue weighted by molar-refractivity contribution is 6.03. The summed E-state index contributed by atoms with van der Waals surface area (Å²) in [7, 11) is 5.02. The lowest BCUT2D eigenvalue weighted by atomic mass is 9.66. The van der Waals surface area contributed by atoms with Crippen LogP contribution in [0, 0.1) is 11.8 Å². The molecule has 1 aliphatic carbocycles. The van der Waals surface area contributed by atoms with Crippen LogP contribution in [0.4, 0.5) is 16.2 Å². The second kappa shape index (κ2) is 9.87. The molecule has 5 rings (SSSR count). The molecular formula is C27H33N3O5. The second-order valence-electron chi connectivity index (χ2n) is 9.59. The molecule has 0 radical (unpaired) electrons. The SMILES string of the molecule is COc1ccc2c(c1)N(C(=O)Nc1ccc(C3CNC(=O)C4CC(OC)C(OC)CC43)cc1)CC2. The maximum Gasteiger partial charge on any atom is 0.326 e. The number of hydrogen-bond donors (Lipinski definition) is 2. The summed E-state index contributed by atoms with van der Waals surface area (Å²) in [5.74, 6) is 1.14. The van der Waals surface area contributed by atoms with Crippen LogP contribution in [0.25, 0.3) is 0 Å². The molecule has 2 heterocycles. The highest BCUT2D eigenvalue weighted by Gasteiger charge is 2.47. The Balaban J connectivity index is 1.29. The van der Waals surface area contributed by atoms with Gasteiger partial charge in [-0.3, -0.25) is 9.69 Å². The Hall–Kier alpha value is -3.10. The van der Waals surface area contributed by atoms with E-state index in [0.29, 0.717) is 19.5 Å². The van der Waals surface area contributed by atoms with Gasteiger partial charge in [-0.2, -0.15) is 0 Å². The number of benzene rings is 2. The van der Waals surface area contributed by atoms with E-state index >= 15 is 0 Å². The molecule has 2 aromatic rings. The summed E-state index contributed by atoms with van der Waals surface area (Å²) in [5, 5.41) is 6.11. The molecule has 1 saturated carbocycles. The van der Waals surface area contributed by atoms with E-state index in [0.717, 1.165) is 41.1 Å². The van der Waals surface area contributed by atoms with E-state index in [-0.39, 0.29) is 41.9 Å². The van der Waals surface area contributed by atoms with Gasteiger partial charge in [0.25, 0.3) is 0 Å². The number of hydrogen-bond acceptors (Lipinski definition) is 5. The van der Waals surface area contributed by atoms with Crippen molar-refractivity contribution in [3.8, 4) is 5.75 Å². The van der Waals surface area contributed by atoms with Gasteiger partial charge in [0.1, 0.15) is 5.75 Å². The fourth-order valence-corrected chi connectivity index (χ4v) is 5.96. The van der Waals surface area contributed by atoms with Crippen molar-refractivity contribution in [3.05, 3.63) is 53.6 Å². The smallest absolute Gasteiger partial charge is 0.326 e. The lowest BCUT2D eigenvalue weighted by Crippen LogP contribution is -2.53. The molecule has 2 aliphatic heterocycles. The number of piperidine rings is 1. The average molecular weight is 480 g/mol. The zero-order valence-corrected chi connectivity index (χ0v) is 20.5. The van der Waals surface area contributed by atoms with Crippen molar-refractivity contribution in [3.63, 3.8) is 0 Å². The zero-order valence-electron chi connectivity index (χ0n) is 20.5. The van der Waals surface area contributed by atoms with Crippen LogP contribution in [0.3, 0.4) is 0 Å². The predicted molar refractivity (Wildman–Crippen MR) is 133 cm³/mol. The maximum absolute atomic E-state index is 13.0. The van der Waals surface area contributed by atoms with E-state index in [4.69, 9.17) is 14.2 Å². The number of carbonyl (C=O) groups excluding carboxylic acids is 2. The fraction of sp³-hybridized carbons (Fsp3) is 0.481. The number of rotatable bonds is 5. The first-order valence-electron chi connectivity index (χ1n) is 12.2. The Bertz CT molecular complexity index is 1090. The van der Waals surface area contributed by atoms with Crippen LogP contribution < -0.4 is 20.3 Å². The quantitative estimate of drug-likeness (QED) is 0.685. The molecule has 8 nitrogen and oxygen atoms in total. The summed E-state index contributed by atoms with van der Waals surface area (Å²) in [6.07, 6.45) is 2.19. The minimum Gasteiger partial charge on any atom is -0.497 e. The molecule has 5 atom stereocenters. The zero-order chi connectivity index (χ0) is 24.5. The van der Waals surface area contributed by atoms with E-state index < -0.39 is 0 Å². The molecule has 8 heteroatoms. The summed E-state index contributed by atoms with van der Waals surface area (Å²) >= 11 is 0. The van der Waals surface area contributed by atoms with Gasteiger partial charge in [0.2, 0.25) is 5.91 Å². The molecule has 3 amide bonds. The lowest BCUT2D eigenvalue weighted by molar-refractivity contribution is -0.141. The summed E-state index contributed by atoms with van der Waals surface area (Å²) < 4.78 is 16.6. The van der Waals surface area contributed by atoms with Gasteiger partial charge >= 0.3 is 6.03 Å². The highest BCUT2D eigenvalue weighted by atomic mass is 16.5. The minimum atomic E-state index is -0.157. The number of ether oxygens (including phenoxy) is 3. The van der Waals surface area contributed by atoms with Crippen LogP contribution in [0.2, 0.25) is 0 Å². The Kier molecular flexibility index (Phi) is 6.67. The topological polar surface area (TPSA) is 89.1 Å². The third kappa shape index (κ3) is 4.48. The van der Waals surface area contributed by atoms with Gasteiger partial charge in [0, 0.05) is 50.9 Å². The third-order valence-corrected chi connectivity index (χ3v) is 7.90. The first-order valence-corrected chi connectivity index (χ1v) is 12.2. The minimum absolute atomic E-state index is 0.0184. The largest absolute Gasteiger partial charge is 0.497 e. The van der Waals surface area contributed by atoms with Crippen molar-refractivity contribution in [2.24, 2.45) is 11.8 Å². The monoisotopic (exact) mass is 479 g/mol. The van der Waals surface area contributed by atoms with E-state index in [1.54, 1.807) is 26.2 Å².